The van der Waals surface area contributed by atoms with E-state index < -0.39 is 5.97 Å². The lowest BCUT2D eigenvalue weighted by Crippen LogP contribution is -2.42. The van der Waals surface area contributed by atoms with Gasteiger partial charge in [-0.2, -0.15) is 0 Å². The maximum atomic E-state index is 12.2. The minimum atomic E-state index is -0.933. The monoisotopic (exact) mass is 276 g/mol. The van der Waals surface area contributed by atoms with Gasteiger partial charge in [0.25, 0.3) is 0 Å². The highest BCUT2D eigenvalue weighted by Gasteiger charge is 2.23. The molecule has 0 atom stereocenters. The van der Waals surface area contributed by atoms with Crippen molar-refractivity contribution >= 4 is 17.6 Å². The second-order valence-corrected chi connectivity index (χ2v) is 5.33. The molecule has 1 amide bonds. The molecule has 5 nitrogen and oxygen atoms in total. The number of rotatable bonds is 4. The Morgan fingerprint density at radius 2 is 2.15 bits per heavy atom. The standard InChI is InChI=1S/C15H20N2O3/c1-10(2)16-9-14(18)17-7-3-4-11-8-12(15(19)20)5-6-13(11)17/h5-6,8,10,16H,3-4,7,9H2,1-2H3,(H,19,20). The summed E-state index contributed by atoms with van der Waals surface area (Å²) in [6.07, 6.45) is 1.68. The molecule has 0 unspecified atom stereocenters. The molecule has 1 heterocycles. The maximum absolute atomic E-state index is 12.2. The molecule has 0 saturated heterocycles. The normalized spacial score (nSPS) is 14.2. The van der Waals surface area contributed by atoms with Crippen LogP contribution in [0.15, 0.2) is 18.2 Å². The van der Waals surface area contributed by atoms with Gasteiger partial charge < -0.3 is 15.3 Å². The van der Waals surface area contributed by atoms with Crippen molar-refractivity contribution in [2.24, 2.45) is 0 Å². The average Bonchev–Trinajstić information content (AvgIpc) is 2.43. The van der Waals surface area contributed by atoms with E-state index in [0.29, 0.717) is 13.1 Å². The lowest BCUT2D eigenvalue weighted by atomic mass is 9.99. The van der Waals surface area contributed by atoms with Crippen molar-refractivity contribution in [2.75, 3.05) is 18.0 Å². The van der Waals surface area contributed by atoms with Crippen LogP contribution in [0.3, 0.4) is 0 Å². The van der Waals surface area contributed by atoms with Crippen molar-refractivity contribution in [2.45, 2.75) is 32.7 Å². The number of nitrogens with one attached hydrogen (secondary N) is 1. The third kappa shape index (κ3) is 3.17. The van der Waals surface area contributed by atoms with Gasteiger partial charge in [0.05, 0.1) is 12.1 Å². The number of amides is 1. The number of aromatic carboxylic acids is 1. The van der Waals surface area contributed by atoms with Crippen LogP contribution in [-0.2, 0) is 11.2 Å². The van der Waals surface area contributed by atoms with E-state index >= 15 is 0 Å². The Hall–Kier alpha value is -1.88. The molecule has 108 valence electrons. The molecule has 1 aliphatic rings. The zero-order valence-electron chi connectivity index (χ0n) is 11.8. The van der Waals surface area contributed by atoms with Crippen LogP contribution in [0.1, 0.15) is 36.2 Å². The van der Waals surface area contributed by atoms with Crippen LogP contribution in [0.5, 0.6) is 0 Å². The summed E-state index contributed by atoms with van der Waals surface area (Å²) in [7, 11) is 0. The molecular formula is C15H20N2O3. The maximum Gasteiger partial charge on any atom is 0.335 e. The first kappa shape index (κ1) is 14.5. The van der Waals surface area contributed by atoms with Crippen LogP contribution in [0.2, 0.25) is 0 Å². The number of nitrogens with zero attached hydrogens (tertiary/aromatic N) is 1. The lowest BCUT2D eigenvalue weighted by molar-refractivity contribution is -0.118. The van der Waals surface area contributed by atoms with Gasteiger partial charge in [-0.1, -0.05) is 13.8 Å². The number of carbonyl (C=O) groups excluding carboxylic acids is 1. The summed E-state index contributed by atoms with van der Waals surface area (Å²) in [5, 5.41) is 12.1. The summed E-state index contributed by atoms with van der Waals surface area (Å²) in [6, 6.07) is 5.23. The number of aryl methyl sites for hydroxylation is 1. The highest BCUT2D eigenvalue weighted by atomic mass is 16.4. The number of hydrogen-bond acceptors (Lipinski definition) is 3. The van der Waals surface area contributed by atoms with Crippen LogP contribution in [0.4, 0.5) is 5.69 Å². The van der Waals surface area contributed by atoms with Gasteiger partial charge >= 0.3 is 5.97 Å². The summed E-state index contributed by atoms with van der Waals surface area (Å²) < 4.78 is 0. The molecule has 0 fully saturated rings. The molecule has 2 N–H and O–H groups in total. The zero-order valence-corrected chi connectivity index (χ0v) is 11.8. The smallest absolute Gasteiger partial charge is 0.335 e. The van der Waals surface area contributed by atoms with E-state index in [1.54, 1.807) is 23.1 Å². The Morgan fingerprint density at radius 1 is 1.40 bits per heavy atom. The van der Waals surface area contributed by atoms with E-state index in [9.17, 15) is 9.59 Å². The number of hydrogen-bond donors (Lipinski definition) is 2. The zero-order chi connectivity index (χ0) is 14.7. The fourth-order valence-electron chi connectivity index (χ4n) is 2.38. The molecule has 0 radical (unpaired) electrons. The Kier molecular flexibility index (Phi) is 4.39. The first-order valence-electron chi connectivity index (χ1n) is 6.89. The Morgan fingerprint density at radius 3 is 2.80 bits per heavy atom. The Balaban J connectivity index is 2.20. The molecular weight excluding hydrogens is 256 g/mol. The summed E-state index contributed by atoms with van der Waals surface area (Å²) in [5.74, 6) is -0.902. The third-order valence-corrected chi connectivity index (χ3v) is 3.41. The molecule has 0 bridgehead atoms. The highest BCUT2D eigenvalue weighted by Crippen LogP contribution is 2.28. The van der Waals surface area contributed by atoms with Crippen LogP contribution in [0, 0.1) is 0 Å². The number of carboxylic acid groups (broad SMARTS) is 1. The van der Waals surface area contributed by atoms with Crippen molar-refractivity contribution in [1.29, 1.82) is 0 Å². The van der Waals surface area contributed by atoms with E-state index in [4.69, 9.17) is 5.11 Å². The van der Waals surface area contributed by atoms with E-state index in [2.05, 4.69) is 5.32 Å². The molecule has 0 saturated carbocycles. The van der Waals surface area contributed by atoms with Gasteiger partial charge in [-0.3, -0.25) is 4.79 Å². The molecule has 5 heteroatoms. The average molecular weight is 276 g/mol. The predicted molar refractivity (Wildman–Crippen MR) is 77.2 cm³/mol. The summed E-state index contributed by atoms with van der Waals surface area (Å²) >= 11 is 0. The number of carboxylic acids is 1. The van der Waals surface area contributed by atoms with Crippen molar-refractivity contribution in [3.63, 3.8) is 0 Å². The molecule has 1 aliphatic heterocycles. The van der Waals surface area contributed by atoms with Crippen molar-refractivity contribution in [1.82, 2.24) is 5.32 Å². The largest absolute Gasteiger partial charge is 0.478 e. The quantitative estimate of drug-likeness (QED) is 0.877. The molecule has 1 aromatic carbocycles. The third-order valence-electron chi connectivity index (χ3n) is 3.41. The van der Waals surface area contributed by atoms with E-state index in [-0.39, 0.29) is 17.5 Å². The van der Waals surface area contributed by atoms with Gasteiger partial charge in [0.2, 0.25) is 5.91 Å². The number of benzene rings is 1. The van der Waals surface area contributed by atoms with Gasteiger partial charge in [-0.05, 0) is 36.6 Å². The van der Waals surface area contributed by atoms with Crippen LogP contribution in [0.25, 0.3) is 0 Å². The molecule has 2 rings (SSSR count). The number of fused-ring (bicyclic) bond motifs is 1. The van der Waals surface area contributed by atoms with E-state index in [0.717, 1.165) is 24.1 Å². The second kappa shape index (κ2) is 6.05. The molecule has 1 aromatic rings. The molecule has 0 spiro atoms. The van der Waals surface area contributed by atoms with Gasteiger partial charge in [0.1, 0.15) is 0 Å². The SMILES string of the molecule is CC(C)NCC(=O)N1CCCc2cc(C(=O)O)ccc21. The molecule has 20 heavy (non-hydrogen) atoms. The fourth-order valence-corrected chi connectivity index (χ4v) is 2.38. The number of anilines is 1. The van der Waals surface area contributed by atoms with Crippen molar-refractivity contribution < 1.29 is 14.7 Å². The van der Waals surface area contributed by atoms with Gasteiger partial charge in [0, 0.05) is 18.3 Å². The van der Waals surface area contributed by atoms with Gasteiger partial charge in [-0.15, -0.1) is 0 Å². The summed E-state index contributed by atoms with van der Waals surface area (Å²) in [4.78, 5) is 25.0. The Bertz CT molecular complexity index is 526. The van der Waals surface area contributed by atoms with Gasteiger partial charge in [-0.25, -0.2) is 4.79 Å². The van der Waals surface area contributed by atoms with Crippen molar-refractivity contribution in [3.8, 4) is 0 Å². The van der Waals surface area contributed by atoms with E-state index in [1.807, 2.05) is 13.8 Å². The minimum absolute atomic E-state index is 0.0303. The lowest BCUT2D eigenvalue weighted by Gasteiger charge is -2.30. The Labute approximate surface area is 118 Å². The fraction of sp³-hybridized carbons (Fsp3) is 0.467. The molecule has 0 aliphatic carbocycles. The van der Waals surface area contributed by atoms with E-state index in [1.165, 1.54) is 0 Å². The van der Waals surface area contributed by atoms with Crippen LogP contribution < -0.4 is 10.2 Å². The molecule has 0 aromatic heterocycles. The van der Waals surface area contributed by atoms with Crippen LogP contribution in [-0.4, -0.2) is 36.1 Å². The minimum Gasteiger partial charge on any atom is -0.478 e. The highest BCUT2D eigenvalue weighted by molar-refractivity contribution is 5.97. The number of carbonyl (C=O) groups is 2. The van der Waals surface area contributed by atoms with Crippen molar-refractivity contribution in [3.05, 3.63) is 29.3 Å². The first-order chi connectivity index (χ1) is 9.49. The van der Waals surface area contributed by atoms with Crippen LogP contribution >= 0.6 is 0 Å². The summed E-state index contributed by atoms with van der Waals surface area (Å²) in [6.45, 7) is 4.99. The topological polar surface area (TPSA) is 69.6 Å². The second-order valence-electron chi connectivity index (χ2n) is 5.33. The predicted octanol–water partition coefficient (Wildman–Crippen LogP) is 1.66. The first-order valence-corrected chi connectivity index (χ1v) is 6.89. The van der Waals surface area contributed by atoms with Gasteiger partial charge in [0.15, 0.2) is 0 Å². The summed E-state index contributed by atoms with van der Waals surface area (Å²) in [5.41, 5.74) is 2.06.